The minimum Gasteiger partial charge on any atom is -0.492 e. The van der Waals surface area contributed by atoms with Gasteiger partial charge in [0.15, 0.2) is 0 Å². The maximum Gasteiger partial charge on any atom is 0.238 e. The molecule has 1 aromatic carbocycles. The number of para-hydroxylation sites is 2. The molecule has 5 nitrogen and oxygen atoms in total. The van der Waals surface area contributed by atoms with Gasteiger partial charge in [0.05, 0.1) is 18.8 Å². The van der Waals surface area contributed by atoms with Gasteiger partial charge in [0.2, 0.25) is 5.91 Å². The van der Waals surface area contributed by atoms with Gasteiger partial charge in [-0.3, -0.25) is 9.69 Å². The van der Waals surface area contributed by atoms with Crippen molar-refractivity contribution in [2.75, 3.05) is 38.1 Å². The van der Waals surface area contributed by atoms with Crippen molar-refractivity contribution >= 4 is 24.0 Å². The Bertz CT molecular complexity index is 543. The molecular weight excluding hydrogens is 338 g/mol. The average molecular weight is 368 g/mol. The van der Waals surface area contributed by atoms with Gasteiger partial charge < -0.3 is 15.4 Å². The van der Waals surface area contributed by atoms with E-state index < -0.39 is 0 Å². The number of piperidine rings is 1. The number of hydrogen-bond acceptors (Lipinski definition) is 4. The quantitative estimate of drug-likeness (QED) is 0.741. The van der Waals surface area contributed by atoms with Crippen molar-refractivity contribution in [1.29, 1.82) is 0 Å². The Hall–Kier alpha value is -1.30. The molecule has 0 spiro atoms. The fourth-order valence-corrected chi connectivity index (χ4v) is 3.19. The molecule has 3 rings (SSSR count). The monoisotopic (exact) mass is 367 g/mol. The Labute approximate surface area is 156 Å². The SMILES string of the molecule is CCOc1ccccc1NC(=O)CN1CCC(NCC2CC2)CC1.Cl. The van der Waals surface area contributed by atoms with Crippen LogP contribution in [0.15, 0.2) is 24.3 Å². The summed E-state index contributed by atoms with van der Waals surface area (Å²) in [5, 5.41) is 6.66. The fraction of sp³-hybridized carbons (Fsp3) is 0.632. The van der Waals surface area contributed by atoms with Gasteiger partial charge in [0.1, 0.15) is 5.75 Å². The highest BCUT2D eigenvalue weighted by atomic mass is 35.5. The Balaban J connectivity index is 0.00000225. The summed E-state index contributed by atoms with van der Waals surface area (Å²) in [5.41, 5.74) is 0.755. The van der Waals surface area contributed by atoms with Crippen molar-refractivity contribution in [3.8, 4) is 5.75 Å². The van der Waals surface area contributed by atoms with Crippen LogP contribution in [-0.4, -0.2) is 49.6 Å². The molecule has 0 atom stereocenters. The maximum absolute atomic E-state index is 12.3. The van der Waals surface area contributed by atoms with Gasteiger partial charge in [0.25, 0.3) is 0 Å². The number of ether oxygens (including phenoxy) is 1. The lowest BCUT2D eigenvalue weighted by atomic mass is 10.0. The summed E-state index contributed by atoms with van der Waals surface area (Å²) in [7, 11) is 0. The summed E-state index contributed by atoms with van der Waals surface area (Å²) >= 11 is 0. The first-order valence-corrected chi connectivity index (χ1v) is 9.22. The Morgan fingerprint density at radius 2 is 1.92 bits per heavy atom. The number of nitrogens with one attached hydrogen (secondary N) is 2. The molecule has 6 heteroatoms. The van der Waals surface area contributed by atoms with Crippen LogP contribution < -0.4 is 15.4 Å². The van der Waals surface area contributed by atoms with Gasteiger partial charge in [-0.25, -0.2) is 0 Å². The van der Waals surface area contributed by atoms with Crippen LogP contribution in [0.25, 0.3) is 0 Å². The molecule has 1 amide bonds. The number of likely N-dealkylation sites (tertiary alicyclic amines) is 1. The minimum absolute atomic E-state index is 0. The largest absolute Gasteiger partial charge is 0.492 e. The summed E-state index contributed by atoms with van der Waals surface area (Å²) in [6, 6.07) is 8.23. The van der Waals surface area contributed by atoms with Crippen molar-refractivity contribution in [3.63, 3.8) is 0 Å². The molecule has 2 fully saturated rings. The molecule has 1 heterocycles. The average Bonchev–Trinajstić information content (AvgIpc) is 3.41. The van der Waals surface area contributed by atoms with E-state index in [9.17, 15) is 4.79 Å². The highest BCUT2D eigenvalue weighted by molar-refractivity contribution is 5.93. The first-order chi connectivity index (χ1) is 11.7. The van der Waals surface area contributed by atoms with Crippen LogP contribution >= 0.6 is 12.4 Å². The van der Waals surface area contributed by atoms with E-state index in [1.54, 1.807) is 0 Å². The molecule has 1 aromatic rings. The molecule has 0 radical (unpaired) electrons. The highest BCUT2D eigenvalue weighted by Gasteiger charge is 2.25. The maximum atomic E-state index is 12.3. The lowest BCUT2D eigenvalue weighted by Gasteiger charge is -2.32. The van der Waals surface area contributed by atoms with Gasteiger partial charge >= 0.3 is 0 Å². The van der Waals surface area contributed by atoms with Crippen molar-refractivity contribution in [2.24, 2.45) is 5.92 Å². The molecule has 0 bridgehead atoms. The van der Waals surface area contributed by atoms with E-state index in [2.05, 4.69) is 15.5 Å². The molecule has 1 saturated heterocycles. The van der Waals surface area contributed by atoms with E-state index in [1.807, 2.05) is 31.2 Å². The summed E-state index contributed by atoms with van der Waals surface area (Å²) in [5.74, 6) is 1.70. The molecular formula is C19H30ClN3O2. The molecule has 0 aromatic heterocycles. The third kappa shape index (κ3) is 6.49. The van der Waals surface area contributed by atoms with Crippen LogP contribution in [-0.2, 0) is 4.79 Å². The normalized spacial score (nSPS) is 18.4. The second-order valence-electron chi connectivity index (χ2n) is 6.88. The third-order valence-corrected chi connectivity index (χ3v) is 4.81. The van der Waals surface area contributed by atoms with Gasteiger partial charge in [-0.15, -0.1) is 12.4 Å². The number of anilines is 1. The van der Waals surface area contributed by atoms with E-state index in [0.717, 1.165) is 43.3 Å². The molecule has 0 unspecified atom stereocenters. The molecule has 2 N–H and O–H groups in total. The molecule has 140 valence electrons. The van der Waals surface area contributed by atoms with Crippen molar-refractivity contribution < 1.29 is 9.53 Å². The summed E-state index contributed by atoms with van der Waals surface area (Å²) in [4.78, 5) is 14.6. The number of rotatable bonds is 8. The topological polar surface area (TPSA) is 53.6 Å². The molecule has 1 saturated carbocycles. The van der Waals surface area contributed by atoms with Gasteiger partial charge in [-0.2, -0.15) is 0 Å². The Morgan fingerprint density at radius 1 is 1.20 bits per heavy atom. The predicted octanol–water partition coefficient (Wildman–Crippen LogP) is 2.91. The first kappa shape index (κ1) is 20.0. The summed E-state index contributed by atoms with van der Waals surface area (Å²) < 4.78 is 5.56. The number of carbonyl (C=O) groups is 1. The number of carbonyl (C=O) groups excluding carboxylic acids is 1. The van der Waals surface area contributed by atoms with E-state index in [-0.39, 0.29) is 18.3 Å². The zero-order chi connectivity index (χ0) is 16.8. The first-order valence-electron chi connectivity index (χ1n) is 9.22. The number of hydrogen-bond donors (Lipinski definition) is 2. The fourth-order valence-electron chi connectivity index (χ4n) is 3.19. The van der Waals surface area contributed by atoms with E-state index in [1.165, 1.54) is 19.4 Å². The Kier molecular flexibility index (Phi) is 8.00. The molecule has 2 aliphatic rings. The molecule has 1 aliphatic carbocycles. The van der Waals surface area contributed by atoms with Crippen LogP contribution in [0, 0.1) is 5.92 Å². The van der Waals surface area contributed by atoms with Crippen molar-refractivity contribution in [3.05, 3.63) is 24.3 Å². The predicted molar refractivity (Wildman–Crippen MR) is 104 cm³/mol. The van der Waals surface area contributed by atoms with Crippen LogP contribution in [0.2, 0.25) is 0 Å². The highest BCUT2D eigenvalue weighted by Crippen LogP contribution is 2.28. The van der Waals surface area contributed by atoms with Crippen LogP contribution in [0.1, 0.15) is 32.6 Å². The van der Waals surface area contributed by atoms with E-state index in [0.29, 0.717) is 19.2 Å². The summed E-state index contributed by atoms with van der Waals surface area (Å²) in [6.45, 7) is 6.15. The second-order valence-corrected chi connectivity index (χ2v) is 6.88. The number of nitrogens with zero attached hydrogens (tertiary/aromatic N) is 1. The Morgan fingerprint density at radius 3 is 2.60 bits per heavy atom. The third-order valence-electron chi connectivity index (χ3n) is 4.81. The van der Waals surface area contributed by atoms with Gasteiger partial charge in [-0.05, 0) is 57.2 Å². The van der Waals surface area contributed by atoms with Crippen molar-refractivity contribution in [2.45, 2.75) is 38.6 Å². The smallest absolute Gasteiger partial charge is 0.238 e. The van der Waals surface area contributed by atoms with Crippen LogP contribution in [0.4, 0.5) is 5.69 Å². The molecule has 25 heavy (non-hydrogen) atoms. The lowest BCUT2D eigenvalue weighted by Crippen LogP contribution is -2.45. The van der Waals surface area contributed by atoms with E-state index >= 15 is 0 Å². The van der Waals surface area contributed by atoms with E-state index in [4.69, 9.17) is 4.74 Å². The standard InChI is InChI=1S/C19H29N3O2.ClH/c1-2-24-18-6-4-3-5-17(18)21-19(23)14-22-11-9-16(10-12-22)20-13-15-7-8-15;/h3-6,15-16,20H,2,7-14H2,1H3,(H,21,23);1H. The second kappa shape index (κ2) is 10.00. The van der Waals surface area contributed by atoms with Crippen LogP contribution in [0.5, 0.6) is 5.75 Å². The van der Waals surface area contributed by atoms with Crippen molar-refractivity contribution in [1.82, 2.24) is 10.2 Å². The zero-order valence-electron chi connectivity index (χ0n) is 15.0. The number of benzene rings is 1. The lowest BCUT2D eigenvalue weighted by molar-refractivity contribution is -0.117. The van der Waals surface area contributed by atoms with Gasteiger partial charge in [-0.1, -0.05) is 12.1 Å². The van der Waals surface area contributed by atoms with Gasteiger partial charge in [0, 0.05) is 19.1 Å². The minimum atomic E-state index is 0. The number of amides is 1. The number of halogens is 1. The van der Waals surface area contributed by atoms with Crippen LogP contribution in [0.3, 0.4) is 0 Å². The molecule has 1 aliphatic heterocycles. The summed E-state index contributed by atoms with van der Waals surface area (Å²) in [6.07, 6.45) is 5.07. The zero-order valence-corrected chi connectivity index (χ0v) is 15.8.